The lowest BCUT2D eigenvalue weighted by Crippen LogP contribution is -2.43. The Hall–Kier alpha value is -2.57. The van der Waals surface area contributed by atoms with Crippen LogP contribution in [0, 0.1) is 5.82 Å². The number of carbonyl (C=O) groups is 2. The number of morpholine rings is 1. The molecule has 1 amide bonds. The van der Waals surface area contributed by atoms with Crippen LogP contribution in [0.15, 0.2) is 48.5 Å². The fourth-order valence-electron chi connectivity index (χ4n) is 3.04. The zero-order valence-corrected chi connectivity index (χ0v) is 14.4. The van der Waals surface area contributed by atoms with E-state index in [9.17, 15) is 14.0 Å². The Labute approximate surface area is 151 Å². The van der Waals surface area contributed by atoms with Crippen molar-refractivity contribution in [3.8, 4) is 0 Å². The second kappa shape index (κ2) is 8.69. The van der Waals surface area contributed by atoms with E-state index in [0.29, 0.717) is 30.9 Å². The van der Waals surface area contributed by atoms with E-state index in [0.717, 1.165) is 24.9 Å². The second-order valence-corrected chi connectivity index (χ2v) is 6.17. The van der Waals surface area contributed by atoms with Crippen molar-refractivity contribution in [2.45, 2.75) is 6.04 Å². The predicted molar refractivity (Wildman–Crippen MR) is 95.7 cm³/mol. The summed E-state index contributed by atoms with van der Waals surface area (Å²) in [5.41, 5.74) is 1.97. The van der Waals surface area contributed by atoms with Crippen LogP contribution in [0.2, 0.25) is 0 Å². The summed E-state index contributed by atoms with van der Waals surface area (Å²) >= 11 is 0. The van der Waals surface area contributed by atoms with Gasteiger partial charge < -0.3 is 10.1 Å². The molecule has 1 saturated heterocycles. The molecule has 1 heterocycles. The predicted octanol–water partition coefficient (Wildman–Crippen LogP) is 2.44. The molecule has 1 N–H and O–H groups in total. The lowest BCUT2D eigenvalue weighted by Gasteiger charge is -2.35. The lowest BCUT2D eigenvalue weighted by molar-refractivity contribution is 0.0162. The smallest absolute Gasteiger partial charge is 0.251 e. The molecule has 3 rings (SSSR count). The maximum Gasteiger partial charge on any atom is 0.251 e. The number of hydrogen-bond acceptors (Lipinski definition) is 4. The molecule has 0 radical (unpaired) electrons. The third kappa shape index (κ3) is 4.53. The summed E-state index contributed by atoms with van der Waals surface area (Å²) in [7, 11) is 0. The van der Waals surface area contributed by atoms with Crippen molar-refractivity contribution in [2.75, 3.05) is 32.8 Å². The van der Waals surface area contributed by atoms with Crippen LogP contribution < -0.4 is 5.32 Å². The zero-order valence-electron chi connectivity index (χ0n) is 14.4. The van der Waals surface area contributed by atoms with E-state index in [1.54, 1.807) is 36.4 Å². The van der Waals surface area contributed by atoms with Gasteiger partial charge in [0.05, 0.1) is 19.3 Å². The standard InChI is InChI=1S/C20H21FN2O3/c21-18-7-5-16(6-8-18)19(23-9-11-26-12-10-23)13-22-20(25)17-3-1-15(14-24)2-4-17/h1-8,14,19H,9-13H2,(H,22,25). The van der Waals surface area contributed by atoms with Gasteiger partial charge in [0.2, 0.25) is 0 Å². The van der Waals surface area contributed by atoms with Gasteiger partial charge in [-0.25, -0.2) is 4.39 Å². The molecule has 1 unspecified atom stereocenters. The number of carbonyl (C=O) groups excluding carboxylic acids is 2. The summed E-state index contributed by atoms with van der Waals surface area (Å²) in [4.78, 5) is 25.4. The molecule has 2 aromatic rings. The van der Waals surface area contributed by atoms with Gasteiger partial charge in [0.15, 0.2) is 0 Å². The van der Waals surface area contributed by atoms with Crippen molar-refractivity contribution in [1.29, 1.82) is 0 Å². The highest BCUT2D eigenvalue weighted by molar-refractivity contribution is 5.94. The summed E-state index contributed by atoms with van der Waals surface area (Å²) < 4.78 is 18.7. The Bertz CT molecular complexity index is 741. The fraction of sp³-hybridized carbons (Fsp3) is 0.300. The summed E-state index contributed by atoms with van der Waals surface area (Å²) in [6.07, 6.45) is 0.741. The molecule has 0 saturated carbocycles. The molecule has 0 bridgehead atoms. The number of hydrogen-bond donors (Lipinski definition) is 1. The van der Waals surface area contributed by atoms with Crippen molar-refractivity contribution in [1.82, 2.24) is 10.2 Å². The van der Waals surface area contributed by atoms with Crippen molar-refractivity contribution in [3.63, 3.8) is 0 Å². The molecule has 0 aromatic heterocycles. The molecule has 1 aliphatic rings. The van der Waals surface area contributed by atoms with Crippen LogP contribution in [0.1, 0.15) is 32.3 Å². The van der Waals surface area contributed by atoms with E-state index in [1.807, 2.05) is 0 Å². The van der Waals surface area contributed by atoms with Crippen molar-refractivity contribution in [3.05, 3.63) is 71.0 Å². The minimum Gasteiger partial charge on any atom is -0.379 e. The van der Waals surface area contributed by atoms with Crippen molar-refractivity contribution in [2.24, 2.45) is 0 Å². The minimum atomic E-state index is -0.284. The highest BCUT2D eigenvalue weighted by Crippen LogP contribution is 2.22. The first-order chi connectivity index (χ1) is 12.7. The maximum absolute atomic E-state index is 13.3. The third-order valence-corrected chi connectivity index (χ3v) is 4.51. The van der Waals surface area contributed by atoms with E-state index in [2.05, 4.69) is 10.2 Å². The topological polar surface area (TPSA) is 58.6 Å². The van der Waals surface area contributed by atoms with Gasteiger partial charge in [-0.1, -0.05) is 24.3 Å². The summed E-state index contributed by atoms with van der Waals surface area (Å²) in [5.74, 6) is -0.489. The summed E-state index contributed by atoms with van der Waals surface area (Å²) in [6, 6.07) is 12.8. The minimum absolute atomic E-state index is 0.0577. The number of amides is 1. The third-order valence-electron chi connectivity index (χ3n) is 4.51. The average molecular weight is 356 g/mol. The van der Waals surface area contributed by atoms with Crippen LogP contribution in [0.25, 0.3) is 0 Å². The molecule has 6 heteroatoms. The van der Waals surface area contributed by atoms with Crippen LogP contribution in [0.4, 0.5) is 4.39 Å². The number of rotatable bonds is 6. The molecular formula is C20H21FN2O3. The molecular weight excluding hydrogens is 335 g/mol. The van der Waals surface area contributed by atoms with Crippen LogP contribution in [0.3, 0.4) is 0 Å². The quantitative estimate of drug-likeness (QED) is 0.808. The average Bonchev–Trinajstić information content (AvgIpc) is 2.70. The number of halogens is 1. The maximum atomic E-state index is 13.3. The largest absolute Gasteiger partial charge is 0.379 e. The highest BCUT2D eigenvalue weighted by Gasteiger charge is 2.23. The number of nitrogens with one attached hydrogen (secondary N) is 1. The zero-order chi connectivity index (χ0) is 18.4. The van der Waals surface area contributed by atoms with E-state index in [-0.39, 0.29) is 17.8 Å². The number of nitrogens with zero attached hydrogens (tertiary/aromatic N) is 1. The van der Waals surface area contributed by atoms with Gasteiger partial charge in [-0.2, -0.15) is 0 Å². The first-order valence-corrected chi connectivity index (χ1v) is 8.58. The highest BCUT2D eigenvalue weighted by atomic mass is 19.1. The van der Waals surface area contributed by atoms with Gasteiger partial charge in [-0.05, 0) is 29.8 Å². The second-order valence-electron chi connectivity index (χ2n) is 6.17. The van der Waals surface area contributed by atoms with E-state index in [1.165, 1.54) is 12.1 Å². The van der Waals surface area contributed by atoms with Gasteiger partial charge >= 0.3 is 0 Å². The molecule has 2 aromatic carbocycles. The number of aldehydes is 1. The Balaban J connectivity index is 1.71. The Morgan fingerprint density at radius 1 is 1.12 bits per heavy atom. The van der Waals surface area contributed by atoms with Crippen LogP contribution in [0.5, 0.6) is 0 Å². The van der Waals surface area contributed by atoms with Crippen LogP contribution >= 0.6 is 0 Å². The molecule has 1 fully saturated rings. The summed E-state index contributed by atoms with van der Waals surface area (Å²) in [6.45, 7) is 3.19. The molecule has 26 heavy (non-hydrogen) atoms. The van der Waals surface area contributed by atoms with Gasteiger partial charge in [-0.15, -0.1) is 0 Å². The molecule has 5 nitrogen and oxygen atoms in total. The van der Waals surface area contributed by atoms with Crippen molar-refractivity contribution >= 4 is 12.2 Å². The molecule has 1 aliphatic heterocycles. The Morgan fingerprint density at radius 2 is 1.77 bits per heavy atom. The van der Waals surface area contributed by atoms with Gasteiger partial charge in [0.1, 0.15) is 12.1 Å². The van der Waals surface area contributed by atoms with E-state index in [4.69, 9.17) is 4.74 Å². The van der Waals surface area contributed by atoms with Crippen molar-refractivity contribution < 1.29 is 18.7 Å². The van der Waals surface area contributed by atoms with E-state index < -0.39 is 0 Å². The fourth-order valence-corrected chi connectivity index (χ4v) is 3.04. The number of ether oxygens (including phenoxy) is 1. The first kappa shape index (κ1) is 18.2. The van der Waals surface area contributed by atoms with Crippen LogP contribution in [-0.2, 0) is 4.74 Å². The molecule has 0 aliphatic carbocycles. The van der Waals surface area contributed by atoms with Gasteiger partial charge in [0, 0.05) is 30.8 Å². The monoisotopic (exact) mass is 356 g/mol. The first-order valence-electron chi connectivity index (χ1n) is 8.58. The van der Waals surface area contributed by atoms with Gasteiger partial charge in [-0.3, -0.25) is 14.5 Å². The Kier molecular flexibility index (Phi) is 6.09. The van der Waals surface area contributed by atoms with E-state index >= 15 is 0 Å². The van der Waals surface area contributed by atoms with Gasteiger partial charge in [0.25, 0.3) is 5.91 Å². The molecule has 0 spiro atoms. The summed E-state index contributed by atoms with van der Waals surface area (Å²) in [5, 5.41) is 2.94. The SMILES string of the molecule is O=Cc1ccc(C(=O)NCC(c2ccc(F)cc2)N2CCOCC2)cc1. The van der Waals surface area contributed by atoms with Crippen LogP contribution in [-0.4, -0.2) is 49.9 Å². The Morgan fingerprint density at radius 3 is 2.38 bits per heavy atom. The number of benzene rings is 2. The lowest BCUT2D eigenvalue weighted by atomic mass is 10.0. The molecule has 1 atom stereocenters. The molecule has 136 valence electrons. The normalized spacial score (nSPS) is 16.0.